The van der Waals surface area contributed by atoms with Crippen molar-refractivity contribution in [1.29, 1.82) is 0 Å². The van der Waals surface area contributed by atoms with E-state index >= 15 is 0 Å². The second-order valence-electron chi connectivity index (χ2n) is 15.7. The fraction of sp³-hybridized carbons (Fsp3) is 0. The molecule has 0 aliphatic heterocycles. The average Bonchev–Trinajstić information content (AvgIpc) is 3.64. The number of aromatic nitrogens is 1. The summed E-state index contributed by atoms with van der Waals surface area (Å²) in [5, 5.41) is 13.6. The van der Waals surface area contributed by atoms with Crippen molar-refractivity contribution in [3.05, 3.63) is 224 Å². The van der Waals surface area contributed by atoms with Crippen LogP contribution >= 0.6 is 0 Å². The van der Waals surface area contributed by atoms with E-state index in [1.807, 2.05) is 0 Å². The summed E-state index contributed by atoms with van der Waals surface area (Å²) < 4.78 is 2.52. The third kappa shape index (κ3) is 5.40. The van der Waals surface area contributed by atoms with E-state index in [0.717, 1.165) is 5.69 Å². The Hall–Kier alpha value is -7.74. The van der Waals surface area contributed by atoms with Crippen LogP contribution in [0.3, 0.4) is 0 Å². The highest BCUT2D eigenvalue weighted by Gasteiger charge is 2.25. The van der Waals surface area contributed by atoms with Gasteiger partial charge in [0.2, 0.25) is 0 Å². The van der Waals surface area contributed by atoms with E-state index in [4.69, 9.17) is 0 Å². The summed E-state index contributed by atoms with van der Waals surface area (Å²) in [4.78, 5) is 0. The first kappa shape index (κ1) is 33.4. The number of hydrogen-bond acceptors (Lipinski definition) is 0. The van der Waals surface area contributed by atoms with Crippen molar-refractivity contribution in [3.8, 4) is 50.3 Å². The number of benzene rings is 11. The SMILES string of the molecule is c1ccc(-c2c(-c3ccccc3)n(-c3ccc4ccccc4c3)c3cc4c(-c5ccc6ccccc6c5)c5ccccc5c(-c5ccc6ccccc6c5)c4cc23)cc1. The average molecular weight is 748 g/mol. The number of rotatable bonds is 5. The van der Waals surface area contributed by atoms with Crippen LogP contribution in [0.1, 0.15) is 0 Å². The molecule has 0 bridgehead atoms. The van der Waals surface area contributed by atoms with Crippen molar-refractivity contribution in [2.45, 2.75) is 0 Å². The van der Waals surface area contributed by atoms with Crippen LogP contribution in [-0.4, -0.2) is 4.57 Å². The van der Waals surface area contributed by atoms with Crippen LogP contribution in [0.15, 0.2) is 224 Å². The highest BCUT2D eigenvalue weighted by Crippen LogP contribution is 2.50. The van der Waals surface area contributed by atoms with E-state index in [0.29, 0.717) is 0 Å². The van der Waals surface area contributed by atoms with E-state index in [-0.39, 0.29) is 0 Å². The van der Waals surface area contributed by atoms with Gasteiger partial charge in [-0.3, -0.25) is 0 Å². The van der Waals surface area contributed by atoms with Gasteiger partial charge in [0.1, 0.15) is 0 Å². The highest BCUT2D eigenvalue weighted by atomic mass is 15.0. The van der Waals surface area contributed by atoms with Crippen LogP contribution in [0.2, 0.25) is 0 Å². The van der Waals surface area contributed by atoms with Crippen LogP contribution in [0, 0.1) is 0 Å². The Morgan fingerprint density at radius 2 is 0.678 bits per heavy atom. The molecule has 0 spiro atoms. The third-order valence-electron chi connectivity index (χ3n) is 12.3. The highest BCUT2D eigenvalue weighted by molar-refractivity contribution is 6.25. The first-order chi connectivity index (χ1) is 29.3. The van der Waals surface area contributed by atoms with Crippen molar-refractivity contribution in [3.63, 3.8) is 0 Å². The molecule has 12 rings (SSSR count). The lowest BCUT2D eigenvalue weighted by Crippen LogP contribution is -1.98. The first-order valence-corrected chi connectivity index (χ1v) is 20.4. The van der Waals surface area contributed by atoms with E-state index < -0.39 is 0 Å². The van der Waals surface area contributed by atoms with Crippen molar-refractivity contribution in [2.75, 3.05) is 0 Å². The van der Waals surface area contributed by atoms with Gasteiger partial charge < -0.3 is 4.57 Å². The minimum Gasteiger partial charge on any atom is -0.309 e. The second-order valence-corrected chi connectivity index (χ2v) is 15.7. The van der Waals surface area contributed by atoms with Crippen LogP contribution in [0.5, 0.6) is 0 Å². The predicted octanol–water partition coefficient (Wildman–Crippen LogP) is 16.1. The summed E-state index contributed by atoms with van der Waals surface area (Å²) in [6.07, 6.45) is 0. The fourth-order valence-electron chi connectivity index (χ4n) is 9.62. The maximum absolute atomic E-state index is 2.52. The molecule has 0 aliphatic rings. The fourth-order valence-corrected chi connectivity index (χ4v) is 9.62. The lowest BCUT2D eigenvalue weighted by molar-refractivity contribution is 1.14. The Balaban J connectivity index is 1.31. The van der Waals surface area contributed by atoms with Crippen molar-refractivity contribution in [1.82, 2.24) is 4.57 Å². The molecule has 0 aliphatic carbocycles. The van der Waals surface area contributed by atoms with Gasteiger partial charge in [0.15, 0.2) is 0 Å². The Bertz CT molecular complexity index is 3590. The summed E-state index contributed by atoms with van der Waals surface area (Å²) in [7, 11) is 0. The van der Waals surface area contributed by atoms with E-state index in [9.17, 15) is 0 Å². The Kier molecular flexibility index (Phi) is 7.61. The van der Waals surface area contributed by atoms with Gasteiger partial charge in [0.25, 0.3) is 0 Å². The van der Waals surface area contributed by atoms with Crippen molar-refractivity contribution in [2.24, 2.45) is 0 Å². The summed E-state index contributed by atoms with van der Waals surface area (Å²) >= 11 is 0. The molecule has 11 aromatic carbocycles. The minimum atomic E-state index is 1.14. The topological polar surface area (TPSA) is 4.93 Å². The molecule has 1 heterocycles. The zero-order valence-corrected chi connectivity index (χ0v) is 32.3. The lowest BCUT2D eigenvalue weighted by Gasteiger charge is -2.19. The quantitative estimate of drug-likeness (QED) is 0.155. The maximum Gasteiger partial charge on any atom is 0.0619 e. The standard InChI is InChI=1S/C58H37N/c1-3-18-41(19-4-1)57-53-36-51-52(37-54(53)59(58(57)42-20-5-2-6-21-42)48-32-31-40-17-9-12-24-45(40)35-48)56(47-30-28-39-16-8-11-23-44(39)34-47)50-26-14-13-25-49(50)55(51)46-29-27-38-15-7-10-22-43(38)33-46/h1-37H. The molecule has 1 aromatic heterocycles. The zero-order valence-electron chi connectivity index (χ0n) is 32.3. The van der Waals surface area contributed by atoms with E-state index in [2.05, 4.69) is 229 Å². The van der Waals surface area contributed by atoms with E-state index in [1.165, 1.54) is 109 Å². The molecular weight excluding hydrogens is 711 g/mol. The van der Waals surface area contributed by atoms with Gasteiger partial charge in [0, 0.05) is 16.6 Å². The van der Waals surface area contributed by atoms with Gasteiger partial charge in [0.05, 0.1) is 11.2 Å². The van der Waals surface area contributed by atoms with E-state index in [1.54, 1.807) is 0 Å². The molecular formula is C58H37N. The van der Waals surface area contributed by atoms with Gasteiger partial charge in [-0.1, -0.05) is 188 Å². The van der Waals surface area contributed by atoms with Gasteiger partial charge >= 0.3 is 0 Å². The van der Waals surface area contributed by atoms with Crippen LogP contribution < -0.4 is 0 Å². The van der Waals surface area contributed by atoms with Crippen LogP contribution in [0.4, 0.5) is 0 Å². The van der Waals surface area contributed by atoms with Crippen LogP contribution in [-0.2, 0) is 0 Å². The van der Waals surface area contributed by atoms with Gasteiger partial charge in [-0.15, -0.1) is 0 Å². The molecule has 0 atom stereocenters. The van der Waals surface area contributed by atoms with Crippen LogP contribution in [0.25, 0.3) is 115 Å². The molecule has 0 amide bonds. The summed E-state index contributed by atoms with van der Waals surface area (Å²) in [6.45, 7) is 0. The number of hydrogen-bond donors (Lipinski definition) is 0. The summed E-state index contributed by atoms with van der Waals surface area (Å²) in [5.41, 5.74) is 12.0. The third-order valence-corrected chi connectivity index (χ3v) is 12.3. The molecule has 0 radical (unpaired) electrons. The molecule has 0 fully saturated rings. The Labute approximate surface area is 342 Å². The molecule has 12 aromatic rings. The Morgan fingerprint density at radius 3 is 1.24 bits per heavy atom. The summed E-state index contributed by atoms with van der Waals surface area (Å²) in [5.74, 6) is 0. The molecule has 0 unspecified atom stereocenters. The van der Waals surface area contributed by atoms with Gasteiger partial charge in [-0.05, 0) is 124 Å². The molecule has 1 heteroatoms. The molecule has 0 saturated heterocycles. The van der Waals surface area contributed by atoms with Crippen molar-refractivity contribution >= 4 is 64.8 Å². The number of nitrogens with zero attached hydrogens (tertiary/aromatic N) is 1. The molecule has 274 valence electrons. The molecule has 1 nitrogen and oxygen atoms in total. The molecule has 0 saturated carbocycles. The van der Waals surface area contributed by atoms with Crippen molar-refractivity contribution < 1.29 is 0 Å². The summed E-state index contributed by atoms with van der Waals surface area (Å²) in [6, 6.07) is 82.9. The largest absolute Gasteiger partial charge is 0.309 e. The maximum atomic E-state index is 2.52. The minimum absolute atomic E-state index is 1.14. The lowest BCUT2D eigenvalue weighted by atomic mass is 9.84. The molecule has 59 heavy (non-hydrogen) atoms. The smallest absolute Gasteiger partial charge is 0.0619 e. The number of fused-ring (bicyclic) bond motifs is 6. The predicted molar refractivity (Wildman–Crippen MR) is 253 cm³/mol. The van der Waals surface area contributed by atoms with Gasteiger partial charge in [-0.2, -0.15) is 0 Å². The monoisotopic (exact) mass is 747 g/mol. The normalized spacial score (nSPS) is 11.7. The first-order valence-electron chi connectivity index (χ1n) is 20.4. The zero-order chi connectivity index (χ0) is 38.9. The Morgan fingerprint density at radius 1 is 0.237 bits per heavy atom. The molecule has 0 N–H and O–H groups in total. The second kappa shape index (κ2) is 13.4. The van der Waals surface area contributed by atoms with Gasteiger partial charge in [-0.25, -0.2) is 0 Å².